The zero-order valence-corrected chi connectivity index (χ0v) is 6.63. The molecule has 1 fully saturated rings. The van der Waals surface area contributed by atoms with E-state index in [0.717, 1.165) is 12.7 Å². The first-order valence-electron chi connectivity index (χ1n) is 3.76. The fraction of sp³-hybridized carbons (Fsp3) is 0.750. The van der Waals surface area contributed by atoms with Gasteiger partial charge < -0.3 is 9.53 Å². The molecule has 0 saturated carbocycles. The molecule has 3 heteroatoms. The first-order valence-corrected chi connectivity index (χ1v) is 3.76. The van der Waals surface area contributed by atoms with Crippen LogP contribution in [0.4, 0.5) is 0 Å². The van der Waals surface area contributed by atoms with Crippen molar-refractivity contribution in [2.24, 2.45) is 5.41 Å². The van der Waals surface area contributed by atoms with Crippen molar-refractivity contribution in [3.05, 3.63) is 0 Å². The maximum absolute atomic E-state index is 10.8. The Morgan fingerprint density at radius 2 is 2.45 bits per heavy atom. The van der Waals surface area contributed by atoms with Crippen molar-refractivity contribution in [3.63, 3.8) is 0 Å². The lowest BCUT2D eigenvalue weighted by atomic mass is 9.80. The van der Waals surface area contributed by atoms with E-state index < -0.39 is 0 Å². The molecule has 62 valence electrons. The van der Waals surface area contributed by atoms with E-state index in [1.165, 1.54) is 0 Å². The molecule has 11 heavy (non-hydrogen) atoms. The molecule has 1 heterocycles. The molecule has 1 unspecified atom stereocenters. The quantitative estimate of drug-likeness (QED) is 0.441. The molecule has 0 radical (unpaired) electrons. The van der Waals surface area contributed by atoms with Crippen LogP contribution >= 0.6 is 0 Å². The molecule has 1 atom stereocenters. The van der Waals surface area contributed by atoms with Crippen LogP contribution in [0.5, 0.6) is 0 Å². The van der Waals surface area contributed by atoms with Gasteiger partial charge in [0, 0.05) is 6.42 Å². The summed E-state index contributed by atoms with van der Waals surface area (Å²) in [4.78, 5) is 21.0. The van der Waals surface area contributed by atoms with Crippen molar-refractivity contribution < 1.29 is 14.3 Å². The standard InChI is InChI=1S/C8H12O3/c1-8(2-4-9)3-5-11-7(10)6-8/h4H,2-3,5-6H2,1H3. The fourth-order valence-electron chi connectivity index (χ4n) is 1.27. The first kappa shape index (κ1) is 8.24. The summed E-state index contributed by atoms with van der Waals surface area (Å²) in [5.41, 5.74) is -0.142. The van der Waals surface area contributed by atoms with Gasteiger partial charge >= 0.3 is 5.97 Å². The van der Waals surface area contributed by atoms with Crippen LogP contribution in [0.25, 0.3) is 0 Å². The second kappa shape index (κ2) is 3.03. The Morgan fingerprint density at radius 1 is 1.73 bits per heavy atom. The van der Waals surface area contributed by atoms with Crippen LogP contribution in [-0.4, -0.2) is 18.9 Å². The van der Waals surface area contributed by atoms with Gasteiger partial charge in [-0.3, -0.25) is 4.79 Å². The molecule has 1 aliphatic heterocycles. The van der Waals surface area contributed by atoms with Crippen LogP contribution in [0.1, 0.15) is 26.2 Å². The van der Waals surface area contributed by atoms with Crippen LogP contribution in [0.2, 0.25) is 0 Å². The van der Waals surface area contributed by atoms with Crippen molar-refractivity contribution in [1.29, 1.82) is 0 Å². The van der Waals surface area contributed by atoms with Gasteiger partial charge in [0.2, 0.25) is 0 Å². The Morgan fingerprint density at radius 3 is 3.00 bits per heavy atom. The van der Waals surface area contributed by atoms with Gasteiger partial charge in [-0.2, -0.15) is 0 Å². The monoisotopic (exact) mass is 156 g/mol. The average Bonchev–Trinajstić information content (AvgIpc) is 1.86. The largest absolute Gasteiger partial charge is 0.466 e. The van der Waals surface area contributed by atoms with E-state index in [-0.39, 0.29) is 11.4 Å². The first-order chi connectivity index (χ1) is 5.16. The maximum atomic E-state index is 10.8. The third-order valence-electron chi connectivity index (χ3n) is 2.12. The number of hydrogen-bond donors (Lipinski definition) is 0. The number of esters is 1. The number of cyclic esters (lactones) is 1. The van der Waals surface area contributed by atoms with Crippen molar-refractivity contribution in [2.75, 3.05) is 6.61 Å². The molecule has 0 aromatic rings. The molecule has 0 aromatic heterocycles. The summed E-state index contributed by atoms with van der Waals surface area (Å²) in [5.74, 6) is -0.180. The molecule has 0 amide bonds. The van der Waals surface area contributed by atoms with Gasteiger partial charge in [0.05, 0.1) is 13.0 Å². The van der Waals surface area contributed by atoms with Crippen molar-refractivity contribution in [2.45, 2.75) is 26.2 Å². The molecule has 1 aliphatic rings. The second-order valence-corrected chi connectivity index (χ2v) is 3.33. The van der Waals surface area contributed by atoms with E-state index in [1.807, 2.05) is 6.92 Å². The van der Waals surface area contributed by atoms with Crippen LogP contribution in [0, 0.1) is 5.41 Å². The van der Waals surface area contributed by atoms with Gasteiger partial charge in [-0.25, -0.2) is 0 Å². The summed E-state index contributed by atoms with van der Waals surface area (Å²) < 4.78 is 4.76. The number of carbonyl (C=O) groups is 2. The number of hydrogen-bond acceptors (Lipinski definition) is 3. The van der Waals surface area contributed by atoms with Crippen LogP contribution in [-0.2, 0) is 14.3 Å². The maximum Gasteiger partial charge on any atom is 0.306 e. The van der Waals surface area contributed by atoms with Crippen LogP contribution in [0.15, 0.2) is 0 Å². The van der Waals surface area contributed by atoms with Crippen molar-refractivity contribution >= 4 is 12.3 Å². The molecule has 0 spiro atoms. The van der Waals surface area contributed by atoms with E-state index in [0.29, 0.717) is 19.4 Å². The fourth-order valence-corrected chi connectivity index (χ4v) is 1.27. The molecule has 0 bridgehead atoms. The minimum Gasteiger partial charge on any atom is -0.466 e. The minimum atomic E-state index is -0.180. The summed E-state index contributed by atoms with van der Waals surface area (Å²) in [6, 6.07) is 0. The Hall–Kier alpha value is -0.860. The van der Waals surface area contributed by atoms with E-state index in [9.17, 15) is 9.59 Å². The number of rotatable bonds is 2. The van der Waals surface area contributed by atoms with Crippen LogP contribution < -0.4 is 0 Å². The number of ether oxygens (including phenoxy) is 1. The topological polar surface area (TPSA) is 43.4 Å². The smallest absolute Gasteiger partial charge is 0.306 e. The lowest BCUT2D eigenvalue weighted by molar-refractivity contribution is -0.152. The van der Waals surface area contributed by atoms with E-state index in [2.05, 4.69) is 0 Å². The van der Waals surface area contributed by atoms with E-state index >= 15 is 0 Å². The summed E-state index contributed by atoms with van der Waals surface area (Å²) in [7, 11) is 0. The van der Waals surface area contributed by atoms with Gasteiger partial charge in [-0.1, -0.05) is 6.92 Å². The third kappa shape index (κ3) is 2.03. The molecule has 3 nitrogen and oxygen atoms in total. The molecular formula is C8H12O3. The van der Waals surface area contributed by atoms with Crippen molar-refractivity contribution in [1.82, 2.24) is 0 Å². The average molecular weight is 156 g/mol. The highest BCUT2D eigenvalue weighted by Crippen LogP contribution is 2.32. The Balaban J connectivity index is 2.54. The second-order valence-electron chi connectivity index (χ2n) is 3.33. The molecule has 0 aliphatic carbocycles. The lowest BCUT2D eigenvalue weighted by Gasteiger charge is -2.30. The van der Waals surface area contributed by atoms with Gasteiger partial charge in [0.1, 0.15) is 6.29 Å². The Bertz CT molecular complexity index is 176. The summed E-state index contributed by atoms with van der Waals surface area (Å²) in [5, 5.41) is 0. The van der Waals surface area contributed by atoms with Gasteiger partial charge in [0.25, 0.3) is 0 Å². The summed E-state index contributed by atoms with van der Waals surface area (Å²) in [6.07, 6.45) is 2.52. The molecule has 0 aromatic carbocycles. The lowest BCUT2D eigenvalue weighted by Crippen LogP contribution is -2.30. The summed E-state index contributed by atoms with van der Waals surface area (Å²) >= 11 is 0. The van der Waals surface area contributed by atoms with Crippen LogP contribution in [0.3, 0.4) is 0 Å². The SMILES string of the molecule is CC1(CC=O)CCOC(=O)C1. The van der Waals surface area contributed by atoms with Gasteiger partial charge in [-0.05, 0) is 11.8 Å². The van der Waals surface area contributed by atoms with Crippen molar-refractivity contribution in [3.8, 4) is 0 Å². The summed E-state index contributed by atoms with van der Waals surface area (Å²) in [6.45, 7) is 2.41. The number of aldehydes is 1. The zero-order valence-electron chi connectivity index (χ0n) is 6.63. The minimum absolute atomic E-state index is 0.142. The predicted molar refractivity (Wildman–Crippen MR) is 39.0 cm³/mol. The normalized spacial score (nSPS) is 31.2. The zero-order chi connectivity index (χ0) is 8.32. The Kier molecular flexibility index (Phi) is 2.27. The van der Waals surface area contributed by atoms with E-state index in [4.69, 9.17) is 4.74 Å². The molecule has 1 rings (SSSR count). The molecule has 0 N–H and O–H groups in total. The van der Waals surface area contributed by atoms with E-state index in [1.54, 1.807) is 0 Å². The third-order valence-corrected chi connectivity index (χ3v) is 2.12. The van der Waals surface area contributed by atoms with Gasteiger partial charge in [-0.15, -0.1) is 0 Å². The highest BCUT2D eigenvalue weighted by molar-refractivity contribution is 5.71. The Labute approximate surface area is 65.7 Å². The predicted octanol–water partition coefficient (Wildman–Crippen LogP) is 0.919. The highest BCUT2D eigenvalue weighted by Gasteiger charge is 2.31. The highest BCUT2D eigenvalue weighted by atomic mass is 16.5. The number of carbonyl (C=O) groups excluding carboxylic acids is 2. The molecule has 1 saturated heterocycles. The van der Waals surface area contributed by atoms with Gasteiger partial charge in [0.15, 0.2) is 0 Å². The molecular weight excluding hydrogens is 144 g/mol.